The maximum absolute atomic E-state index is 6.56. The zero-order chi connectivity index (χ0) is 19.5. The molecule has 4 nitrogen and oxygen atoms in total. The molecule has 2 unspecified atom stereocenters. The molecule has 2 rings (SSSR count). The summed E-state index contributed by atoms with van der Waals surface area (Å²) in [6.45, 7) is 4.44. The van der Waals surface area contributed by atoms with Gasteiger partial charge in [0.2, 0.25) is 0 Å². The molecule has 2 atom stereocenters. The van der Waals surface area contributed by atoms with Gasteiger partial charge in [-0.15, -0.1) is 0 Å². The van der Waals surface area contributed by atoms with E-state index in [9.17, 15) is 0 Å². The van der Waals surface area contributed by atoms with Crippen molar-refractivity contribution in [1.29, 1.82) is 0 Å². The Hall–Kier alpha value is -1.59. The van der Waals surface area contributed by atoms with Crippen LogP contribution in [0.2, 0.25) is 5.02 Å². The minimum Gasteiger partial charge on any atom is -0.385 e. The number of anilines is 1. The van der Waals surface area contributed by atoms with Crippen molar-refractivity contribution < 1.29 is 4.74 Å². The molecule has 4 N–H and O–H groups in total. The van der Waals surface area contributed by atoms with Crippen LogP contribution in [0.5, 0.6) is 0 Å². The number of nitrogens with two attached hydrogens (primary N) is 1. The van der Waals surface area contributed by atoms with E-state index in [1.807, 2.05) is 31.3 Å². The second-order valence-corrected chi connectivity index (χ2v) is 7.17. The molecule has 148 valence electrons. The molecule has 0 aromatic heterocycles. The molecule has 0 aliphatic heterocycles. The van der Waals surface area contributed by atoms with Gasteiger partial charge in [0.15, 0.2) is 0 Å². The quantitative estimate of drug-likeness (QED) is 0.471. The molecule has 5 heteroatoms. The zero-order valence-electron chi connectivity index (χ0n) is 16.4. The average Bonchev–Trinajstić information content (AvgIpc) is 2.69. The van der Waals surface area contributed by atoms with E-state index >= 15 is 0 Å². The van der Waals surface area contributed by atoms with Crippen molar-refractivity contribution >= 4 is 17.3 Å². The topological polar surface area (TPSA) is 59.3 Å². The minimum atomic E-state index is -0.0154. The summed E-state index contributed by atoms with van der Waals surface area (Å²) in [4.78, 5) is 0. The zero-order valence-corrected chi connectivity index (χ0v) is 17.1. The van der Waals surface area contributed by atoms with Crippen LogP contribution in [0.25, 0.3) is 0 Å². The van der Waals surface area contributed by atoms with Crippen LogP contribution in [-0.2, 0) is 11.2 Å². The molecule has 0 aliphatic rings. The van der Waals surface area contributed by atoms with Crippen LogP contribution in [-0.4, -0.2) is 32.8 Å². The first kappa shape index (κ1) is 21.7. The molecular formula is C22H32ClN3O. The van der Waals surface area contributed by atoms with Gasteiger partial charge in [-0.2, -0.15) is 0 Å². The lowest BCUT2D eigenvalue weighted by molar-refractivity contribution is 0.0556. The Morgan fingerprint density at radius 2 is 1.89 bits per heavy atom. The molecule has 0 aliphatic carbocycles. The summed E-state index contributed by atoms with van der Waals surface area (Å²) in [5.41, 5.74) is 9.25. The van der Waals surface area contributed by atoms with Crippen LogP contribution >= 0.6 is 11.6 Å². The maximum atomic E-state index is 6.56. The number of halogens is 1. The van der Waals surface area contributed by atoms with Crippen molar-refractivity contribution in [2.75, 3.05) is 32.1 Å². The van der Waals surface area contributed by atoms with Crippen molar-refractivity contribution in [2.24, 2.45) is 5.73 Å². The minimum absolute atomic E-state index is 0.0154. The highest BCUT2D eigenvalue weighted by Crippen LogP contribution is 2.28. The number of nitrogens with one attached hydrogen (secondary N) is 2. The number of hydrogen-bond acceptors (Lipinski definition) is 4. The van der Waals surface area contributed by atoms with Crippen molar-refractivity contribution in [1.82, 2.24) is 5.32 Å². The predicted molar refractivity (Wildman–Crippen MR) is 116 cm³/mol. The van der Waals surface area contributed by atoms with Gasteiger partial charge in [-0.3, -0.25) is 0 Å². The Balaban J connectivity index is 2.01. The SMILES string of the molecule is CCC(N)CCNc1ccc(CC(OCCNC)c2ccccc2)c(Cl)c1. The van der Waals surface area contributed by atoms with Crippen LogP contribution < -0.4 is 16.4 Å². The number of hydrogen-bond donors (Lipinski definition) is 3. The largest absolute Gasteiger partial charge is 0.385 e. The molecule has 0 fully saturated rings. The molecule has 0 saturated heterocycles. The highest BCUT2D eigenvalue weighted by molar-refractivity contribution is 6.31. The first-order chi connectivity index (χ1) is 13.1. The second-order valence-electron chi connectivity index (χ2n) is 6.77. The molecule has 2 aromatic carbocycles. The Morgan fingerprint density at radius 1 is 1.11 bits per heavy atom. The van der Waals surface area contributed by atoms with E-state index in [4.69, 9.17) is 22.1 Å². The number of benzene rings is 2. The monoisotopic (exact) mass is 389 g/mol. The molecule has 0 bridgehead atoms. The standard InChI is InChI=1S/C22H32ClN3O/c1-3-19(24)11-12-26-20-10-9-18(21(23)16-20)15-22(27-14-13-25-2)17-7-5-4-6-8-17/h4-10,16,19,22,25-26H,3,11-15,24H2,1-2H3. The highest BCUT2D eigenvalue weighted by Gasteiger charge is 2.15. The van der Waals surface area contributed by atoms with Gasteiger partial charge in [0.1, 0.15) is 0 Å². The van der Waals surface area contributed by atoms with Crippen LogP contribution in [0.1, 0.15) is 37.0 Å². The molecule has 0 heterocycles. The summed E-state index contributed by atoms with van der Waals surface area (Å²) >= 11 is 6.56. The number of rotatable bonds is 12. The van der Waals surface area contributed by atoms with Crippen LogP contribution in [0.15, 0.2) is 48.5 Å². The lowest BCUT2D eigenvalue weighted by Gasteiger charge is -2.20. The van der Waals surface area contributed by atoms with Gasteiger partial charge in [0.25, 0.3) is 0 Å². The van der Waals surface area contributed by atoms with E-state index in [1.54, 1.807) is 0 Å². The van der Waals surface area contributed by atoms with Gasteiger partial charge >= 0.3 is 0 Å². The Morgan fingerprint density at radius 3 is 2.56 bits per heavy atom. The average molecular weight is 390 g/mol. The summed E-state index contributed by atoms with van der Waals surface area (Å²) in [6, 6.07) is 16.7. The molecular weight excluding hydrogens is 358 g/mol. The Labute approximate surface area is 168 Å². The molecule has 0 spiro atoms. The third-order valence-electron chi connectivity index (χ3n) is 4.67. The van der Waals surface area contributed by atoms with E-state index in [-0.39, 0.29) is 12.1 Å². The summed E-state index contributed by atoms with van der Waals surface area (Å²) in [7, 11) is 1.93. The van der Waals surface area contributed by atoms with E-state index in [0.29, 0.717) is 6.61 Å². The predicted octanol–water partition coefficient (Wildman–Crippen LogP) is 4.40. The van der Waals surface area contributed by atoms with Crippen LogP contribution in [0, 0.1) is 0 Å². The molecule has 0 amide bonds. The molecule has 27 heavy (non-hydrogen) atoms. The lowest BCUT2D eigenvalue weighted by Crippen LogP contribution is -2.22. The highest BCUT2D eigenvalue weighted by atomic mass is 35.5. The van der Waals surface area contributed by atoms with Crippen LogP contribution in [0.4, 0.5) is 5.69 Å². The number of likely N-dealkylation sites (N-methyl/N-ethyl adjacent to an activating group) is 1. The first-order valence-electron chi connectivity index (χ1n) is 9.73. The van der Waals surface area contributed by atoms with E-state index < -0.39 is 0 Å². The molecule has 0 saturated carbocycles. The summed E-state index contributed by atoms with van der Waals surface area (Å²) in [5.74, 6) is 0. The van der Waals surface area contributed by atoms with Gasteiger partial charge in [-0.05, 0) is 43.1 Å². The third-order valence-corrected chi connectivity index (χ3v) is 5.02. The number of ether oxygens (including phenoxy) is 1. The third kappa shape index (κ3) is 7.51. The van der Waals surface area contributed by atoms with Gasteiger partial charge in [-0.1, -0.05) is 54.9 Å². The maximum Gasteiger partial charge on any atom is 0.0866 e. The van der Waals surface area contributed by atoms with Crippen molar-refractivity contribution in [3.05, 3.63) is 64.7 Å². The normalized spacial score (nSPS) is 13.3. The fourth-order valence-corrected chi connectivity index (χ4v) is 3.13. The van der Waals surface area contributed by atoms with Gasteiger partial charge in [0.05, 0.1) is 12.7 Å². The van der Waals surface area contributed by atoms with Crippen molar-refractivity contribution in [2.45, 2.75) is 38.3 Å². The van der Waals surface area contributed by atoms with Gasteiger partial charge < -0.3 is 21.1 Å². The van der Waals surface area contributed by atoms with E-state index in [0.717, 1.165) is 48.6 Å². The summed E-state index contributed by atoms with van der Waals surface area (Å²) in [5, 5.41) is 7.28. The first-order valence-corrected chi connectivity index (χ1v) is 10.1. The summed E-state index contributed by atoms with van der Waals surface area (Å²) in [6.07, 6.45) is 2.67. The Kier molecular flexibility index (Phi) is 9.64. The van der Waals surface area contributed by atoms with Crippen molar-refractivity contribution in [3.63, 3.8) is 0 Å². The molecule has 2 aromatic rings. The fourth-order valence-electron chi connectivity index (χ4n) is 2.87. The smallest absolute Gasteiger partial charge is 0.0866 e. The molecule has 0 radical (unpaired) electrons. The Bertz CT molecular complexity index is 666. The summed E-state index contributed by atoms with van der Waals surface area (Å²) < 4.78 is 6.11. The van der Waals surface area contributed by atoms with Gasteiger partial charge in [0, 0.05) is 36.3 Å². The van der Waals surface area contributed by atoms with Gasteiger partial charge in [-0.25, -0.2) is 0 Å². The van der Waals surface area contributed by atoms with E-state index in [2.05, 4.69) is 41.8 Å². The van der Waals surface area contributed by atoms with Crippen molar-refractivity contribution in [3.8, 4) is 0 Å². The van der Waals surface area contributed by atoms with E-state index in [1.165, 1.54) is 5.56 Å². The fraction of sp³-hybridized carbons (Fsp3) is 0.455. The van der Waals surface area contributed by atoms with Crippen LogP contribution in [0.3, 0.4) is 0 Å². The lowest BCUT2D eigenvalue weighted by atomic mass is 10.0. The second kappa shape index (κ2) is 12.0.